The Morgan fingerprint density at radius 2 is 1.18 bits per heavy atom. The van der Waals surface area contributed by atoms with E-state index in [1.54, 1.807) is 0 Å². The number of hydrogen-bond donors (Lipinski definition) is 1. The van der Waals surface area contributed by atoms with Crippen LogP contribution in [0.3, 0.4) is 0 Å². The van der Waals surface area contributed by atoms with Crippen LogP contribution in [-0.4, -0.2) is 16.2 Å². The van der Waals surface area contributed by atoms with Gasteiger partial charge in [0.25, 0.3) is 0 Å². The molecule has 0 saturated carbocycles. The molecule has 0 amide bonds. The van der Waals surface area contributed by atoms with Crippen LogP contribution < -0.4 is 5.73 Å². The standard InChI is InChI=1S/C55H40N4O/c1-34(57-54(36-18-8-5-9-19-36)58-53(56)35-16-6-4-7-17-35)44-32-39(33-51-52(44)43-22-12-15-25-50(43)60-51)59-48-24-14-11-21-42(48)45-30-37(27-29-49(45)59)38-26-28-41-40-20-10-13-23-46(40)55(2,3)47(41)31-38/h4-33H,1H2,2-3H3,(H2,56,57,58). The van der Waals surface area contributed by atoms with Gasteiger partial charge in [-0.05, 0) is 69.8 Å². The highest BCUT2D eigenvalue weighted by Gasteiger charge is 2.35. The molecule has 2 aromatic heterocycles. The van der Waals surface area contributed by atoms with Crippen LogP contribution in [0, 0.1) is 0 Å². The smallest absolute Gasteiger partial charge is 0.162 e. The number of benzene rings is 8. The molecule has 0 radical (unpaired) electrons. The van der Waals surface area contributed by atoms with Gasteiger partial charge in [0.05, 0.1) is 22.4 Å². The summed E-state index contributed by atoms with van der Waals surface area (Å²) in [4.78, 5) is 10.1. The molecule has 10 aromatic rings. The number of nitrogens with two attached hydrogens (primary N) is 1. The highest BCUT2D eigenvalue weighted by Crippen LogP contribution is 2.50. The summed E-state index contributed by atoms with van der Waals surface area (Å²) >= 11 is 0. The van der Waals surface area contributed by atoms with Crippen LogP contribution in [-0.2, 0) is 5.41 Å². The van der Waals surface area contributed by atoms with Crippen LogP contribution in [0.1, 0.15) is 41.7 Å². The predicted octanol–water partition coefficient (Wildman–Crippen LogP) is 13.5. The lowest BCUT2D eigenvalue weighted by molar-refractivity contribution is 0.660. The van der Waals surface area contributed by atoms with Gasteiger partial charge in [0.2, 0.25) is 0 Å². The second-order valence-electron chi connectivity index (χ2n) is 16.1. The van der Waals surface area contributed by atoms with Crippen LogP contribution in [0.5, 0.6) is 0 Å². The molecule has 0 spiro atoms. The predicted molar refractivity (Wildman–Crippen MR) is 250 cm³/mol. The van der Waals surface area contributed by atoms with Crippen molar-refractivity contribution >= 4 is 61.1 Å². The van der Waals surface area contributed by atoms with Crippen molar-refractivity contribution in [1.82, 2.24) is 4.57 Å². The van der Waals surface area contributed by atoms with Crippen LogP contribution in [0.15, 0.2) is 203 Å². The topological polar surface area (TPSA) is 68.8 Å². The van der Waals surface area contributed by atoms with Crippen molar-refractivity contribution in [2.75, 3.05) is 0 Å². The molecule has 1 aliphatic carbocycles. The molecule has 0 atom stereocenters. The van der Waals surface area contributed by atoms with Crippen molar-refractivity contribution in [3.05, 3.63) is 216 Å². The van der Waals surface area contributed by atoms with Gasteiger partial charge in [-0.1, -0.05) is 160 Å². The summed E-state index contributed by atoms with van der Waals surface area (Å²) in [7, 11) is 0. The molecule has 0 bridgehead atoms. The SMILES string of the molecule is C=C(N=C(N=C(N)c1ccccc1)c1ccccc1)c1cc(-n2c3ccccc3c3cc(-c4ccc5c(c4)C(C)(C)c4ccccc4-5)ccc32)cc2oc3ccccc3c12. The first kappa shape index (κ1) is 35.4. The molecule has 2 N–H and O–H groups in total. The summed E-state index contributed by atoms with van der Waals surface area (Å²) in [5, 5.41) is 4.28. The molecule has 0 saturated heterocycles. The summed E-state index contributed by atoms with van der Waals surface area (Å²) in [5.74, 6) is 0.841. The van der Waals surface area contributed by atoms with E-state index < -0.39 is 0 Å². The highest BCUT2D eigenvalue weighted by atomic mass is 16.3. The van der Waals surface area contributed by atoms with Crippen LogP contribution in [0.2, 0.25) is 0 Å². The zero-order chi connectivity index (χ0) is 40.5. The lowest BCUT2D eigenvalue weighted by Gasteiger charge is -2.22. The van der Waals surface area contributed by atoms with E-state index in [9.17, 15) is 0 Å². The lowest BCUT2D eigenvalue weighted by atomic mass is 9.81. The van der Waals surface area contributed by atoms with Gasteiger partial charge in [-0.3, -0.25) is 0 Å². The summed E-state index contributed by atoms with van der Waals surface area (Å²) in [5.41, 5.74) is 22.0. The van der Waals surface area contributed by atoms with E-state index in [2.05, 4.69) is 128 Å². The summed E-state index contributed by atoms with van der Waals surface area (Å²) in [6, 6.07) is 63.3. The van der Waals surface area contributed by atoms with Gasteiger partial charge >= 0.3 is 0 Å². The molecular formula is C55H40N4O. The van der Waals surface area contributed by atoms with Crippen molar-refractivity contribution in [1.29, 1.82) is 0 Å². The van der Waals surface area contributed by atoms with Gasteiger partial charge in [0.15, 0.2) is 5.84 Å². The Morgan fingerprint density at radius 3 is 2.00 bits per heavy atom. The first-order valence-corrected chi connectivity index (χ1v) is 20.3. The molecule has 0 unspecified atom stereocenters. The second-order valence-corrected chi connectivity index (χ2v) is 16.1. The van der Waals surface area contributed by atoms with E-state index in [0.29, 0.717) is 17.4 Å². The fourth-order valence-corrected chi connectivity index (χ4v) is 9.23. The normalized spacial score (nSPS) is 13.6. The molecule has 0 fully saturated rings. The third-order valence-corrected chi connectivity index (χ3v) is 12.2. The number of amidine groups is 2. The zero-order valence-corrected chi connectivity index (χ0v) is 33.4. The maximum absolute atomic E-state index is 6.62. The molecule has 60 heavy (non-hydrogen) atoms. The third kappa shape index (κ3) is 5.62. The van der Waals surface area contributed by atoms with Gasteiger partial charge in [0, 0.05) is 49.7 Å². The first-order valence-electron chi connectivity index (χ1n) is 20.3. The minimum absolute atomic E-state index is 0.0775. The molecule has 286 valence electrons. The Kier molecular flexibility index (Phi) is 8.07. The number of aromatic nitrogens is 1. The average molecular weight is 773 g/mol. The number of aliphatic imine (C=N–C) groups is 2. The van der Waals surface area contributed by atoms with Crippen molar-refractivity contribution in [3.63, 3.8) is 0 Å². The number of furan rings is 1. The Bertz CT molecular complexity index is 3420. The molecule has 1 aliphatic rings. The molecule has 0 aliphatic heterocycles. The van der Waals surface area contributed by atoms with Gasteiger partial charge in [-0.2, -0.15) is 0 Å². The van der Waals surface area contributed by atoms with Gasteiger partial charge in [-0.15, -0.1) is 0 Å². The van der Waals surface area contributed by atoms with E-state index in [-0.39, 0.29) is 5.41 Å². The third-order valence-electron chi connectivity index (χ3n) is 12.2. The van der Waals surface area contributed by atoms with Crippen molar-refractivity contribution in [2.24, 2.45) is 15.7 Å². The van der Waals surface area contributed by atoms with Crippen molar-refractivity contribution in [3.8, 4) is 27.9 Å². The second kappa shape index (κ2) is 13.7. The van der Waals surface area contributed by atoms with Gasteiger partial charge in [0.1, 0.15) is 17.0 Å². The largest absolute Gasteiger partial charge is 0.456 e. The number of rotatable bonds is 6. The minimum Gasteiger partial charge on any atom is -0.456 e. The molecular weight excluding hydrogens is 733 g/mol. The van der Waals surface area contributed by atoms with Crippen LogP contribution in [0.25, 0.3) is 77.4 Å². The lowest BCUT2D eigenvalue weighted by Crippen LogP contribution is -2.16. The zero-order valence-electron chi connectivity index (χ0n) is 33.4. The summed E-state index contributed by atoms with van der Waals surface area (Å²) in [6.07, 6.45) is 0. The van der Waals surface area contributed by atoms with Crippen molar-refractivity contribution < 1.29 is 4.42 Å². The Morgan fingerprint density at radius 1 is 0.550 bits per heavy atom. The number of hydrogen-bond acceptors (Lipinski definition) is 2. The number of nitrogens with zero attached hydrogens (tertiary/aromatic N) is 3. The van der Waals surface area contributed by atoms with E-state index >= 15 is 0 Å². The van der Waals surface area contributed by atoms with Crippen molar-refractivity contribution in [2.45, 2.75) is 19.3 Å². The average Bonchev–Trinajstić information content (AvgIpc) is 3.91. The minimum atomic E-state index is -0.0775. The number of para-hydroxylation sites is 2. The van der Waals surface area contributed by atoms with E-state index in [4.69, 9.17) is 20.1 Å². The Labute approximate surface area is 348 Å². The summed E-state index contributed by atoms with van der Waals surface area (Å²) in [6.45, 7) is 9.27. The molecule has 2 heterocycles. The number of fused-ring (bicyclic) bond motifs is 9. The quantitative estimate of drug-likeness (QED) is 0.135. The molecule has 11 rings (SSSR count). The van der Waals surface area contributed by atoms with Gasteiger partial charge < -0.3 is 14.7 Å². The maximum Gasteiger partial charge on any atom is 0.162 e. The van der Waals surface area contributed by atoms with E-state index in [1.165, 1.54) is 44.2 Å². The highest BCUT2D eigenvalue weighted by molar-refractivity contribution is 6.16. The fraction of sp³-hybridized carbons (Fsp3) is 0.0545. The Hall–Kier alpha value is -7.76. The first-order chi connectivity index (χ1) is 29.3. The van der Waals surface area contributed by atoms with Crippen LogP contribution in [0.4, 0.5) is 0 Å². The maximum atomic E-state index is 6.62. The van der Waals surface area contributed by atoms with Gasteiger partial charge in [-0.25, -0.2) is 9.98 Å². The fourth-order valence-electron chi connectivity index (χ4n) is 9.23. The molecule has 5 nitrogen and oxygen atoms in total. The van der Waals surface area contributed by atoms with E-state index in [1.807, 2.05) is 78.9 Å². The Balaban J connectivity index is 1.09. The molecule has 5 heteroatoms. The van der Waals surface area contributed by atoms with E-state index in [0.717, 1.165) is 55.3 Å². The monoisotopic (exact) mass is 772 g/mol. The molecule has 8 aromatic carbocycles. The summed E-state index contributed by atoms with van der Waals surface area (Å²) < 4.78 is 8.95. The van der Waals surface area contributed by atoms with Crippen LogP contribution >= 0.6 is 0 Å².